The third-order valence-corrected chi connectivity index (χ3v) is 4.44. The molecule has 0 amide bonds. The van der Waals surface area contributed by atoms with Crippen LogP contribution in [-0.4, -0.2) is 39.2 Å². The van der Waals surface area contributed by atoms with E-state index in [2.05, 4.69) is 12.1 Å². The van der Waals surface area contributed by atoms with E-state index in [9.17, 15) is 0 Å². The summed E-state index contributed by atoms with van der Waals surface area (Å²) in [5.41, 5.74) is 0. The molecule has 0 aliphatic carbocycles. The van der Waals surface area contributed by atoms with E-state index >= 15 is 0 Å². The van der Waals surface area contributed by atoms with Crippen molar-refractivity contribution in [3.05, 3.63) is 32.7 Å². The molecule has 0 fully saturated rings. The van der Waals surface area contributed by atoms with E-state index in [4.69, 9.17) is 65.5 Å². The number of ether oxygens (including phenoxy) is 3. The quantitative estimate of drug-likeness (QED) is 0.142. The lowest BCUT2D eigenvalue weighted by molar-refractivity contribution is 0.131. The van der Waals surface area contributed by atoms with Crippen molar-refractivity contribution in [3.8, 4) is 11.5 Å². The predicted octanol–water partition coefficient (Wildman–Crippen LogP) is 7.06. The van der Waals surface area contributed by atoms with Gasteiger partial charge in [-0.1, -0.05) is 64.9 Å². The van der Waals surface area contributed by atoms with Gasteiger partial charge in [0.25, 0.3) is 0 Å². The third-order valence-electron chi connectivity index (χ3n) is 3.57. The molecule has 1 aromatic carbocycles. The van der Waals surface area contributed by atoms with Crippen molar-refractivity contribution < 1.29 is 19.0 Å². The van der Waals surface area contributed by atoms with Crippen LogP contribution in [0.25, 0.3) is 0 Å². The van der Waals surface area contributed by atoms with Crippen LogP contribution in [-0.2, 0) is 9.57 Å². The highest BCUT2D eigenvalue weighted by molar-refractivity contribution is 6.55. The summed E-state index contributed by atoms with van der Waals surface area (Å²) in [4.78, 5) is 5.18. The lowest BCUT2D eigenvalue weighted by Gasteiger charge is -2.12. The van der Waals surface area contributed by atoms with Crippen LogP contribution in [0.5, 0.6) is 11.5 Å². The van der Waals surface area contributed by atoms with Gasteiger partial charge in [0.2, 0.25) is 0 Å². The molecule has 0 saturated heterocycles. The minimum Gasteiger partial charge on any atom is -0.490 e. The lowest BCUT2D eigenvalue weighted by atomic mass is 10.2. The summed E-state index contributed by atoms with van der Waals surface area (Å²) in [5, 5.41) is 4.61. The highest BCUT2D eigenvalue weighted by atomic mass is 35.5. The van der Waals surface area contributed by atoms with E-state index in [1.807, 2.05) is 0 Å². The first-order valence-electron chi connectivity index (χ1n) is 9.52. The molecule has 0 spiro atoms. The molecule has 1 aromatic rings. The predicted molar refractivity (Wildman–Crippen MR) is 121 cm³/mol. The summed E-state index contributed by atoms with van der Waals surface area (Å²) in [7, 11) is 0. The van der Waals surface area contributed by atoms with Gasteiger partial charge in [-0.2, -0.15) is 0 Å². The topological polar surface area (TPSA) is 49.3 Å². The number of nitrogens with zero attached hydrogens (tertiary/aromatic N) is 1. The number of hydrogen-bond donors (Lipinski definition) is 0. The molecule has 0 radical (unpaired) electrons. The molecule has 0 aliphatic heterocycles. The molecule has 0 heterocycles. The highest BCUT2D eigenvalue weighted by Crippen LogP contribution is 2.37. The molecule has 0 bridgehead atoms. The van der Waals surface area contributed by atoms with Crippen LogP contribution in [0.2, 0.25) is 10.0 Å². The van der Waals surface area contributed by atoms with Gasteiger partial charge in [-0.25, -0.2) is 0 Å². The number of hydrogen-bond acceptors (Lipinski definition) is 5. The molecule has 0 unspecified atom stereocenters. The first-order valence-corrected chi connectivity index (χ1v) is 11.0. The molecule has 164 valence electrons. The summed E-state index contributed by atoms with van der Waals surface area (Å²) in [6, 6.07) is 3.27. The van der Waals surface area contributed by atoms with Gasteiger partial charge in [0.1, 0.15) is 23.5 Å². The lowest BCUT2D eigenvalue weighted by Crippen LogP contribution is -2.01. The maximum absolute atomic E-state index is 6.22. The van der Waals surface area contributed by atoms with E-state index < -0.39 is 0 Å². The molecule has 0 atom stereocenters. The Balaban J connectivity index is 2.16. The molecular formula is C20H27Cl4NO4. The Bertz CT molecular complexity index is 614. The summed E-state index contributed by atoms with van der Waals surface area (Å²) in [5.74, 6) is 0.946. The minimum absolute atomic E-state index is 0.135. The van der Waals surface area contributed by atoms with E-state index in [1.54, 1.807) is 18.3 Å². The summed E-state index contributed by atoms with van der Waals surface area (Å²) < 4.78 is 16.6. The zero-order valence-corrected chi connectivity index (χ0v) is 19.5. The molecular weight excluding hydrogens is 460 g/mol. The van der Waals surface area contributed by atoms with Gasteiger partial charge in [0.15, 0.2) is 5.75 Å². The Labute approximate surface area is 192 Å². The maximum Gasteiger partial charge on any atom is 0.156 e. The number of oxime groups is 1. The van der Waals surface area contributed by atoms with Gasteiger partial charge in [0, 0.05) is 18.7 Å². The Morgan fingerprint density at radius 2 is 1.66 bits per heavy atom. The standard InChI is InChI=1S/C20H27Cl4NO4/c1-2-3-9-26-13-8-25-29-11-6-4-5-10-28-20-17(21)14-16(15-18(20)22)27-12-7-19(23)24/h7-8,14-15H,2-6,9-13H2,1H3/b25-8+. The van der Waals surface area contributed by atoms with Gasteiger partial charge in [-0.15, -0.1) is 0 Å². The molecule has 5 nitrogen and oxygen atoms in total. The van der Waals surface area contributed by atoms with E-state index in [0.29, 0.717) is 41.4 Å². The van der Waals surface area contributed by atoms with Gasteiger partial charge in [-0.05, 0) is 31.8 Å². The smallest absolute Gasteiger partial charge is 0.156 e. The van der Waals surface area contributed by atoms with Crippen LogP contribution in [0.1, 0.15) is 39.0 Å². The fourth-order valence-electron chi connectivity index (χ4n) is 2.10. The van der Waals surface area contributed by atoms with Crippen LogP contribution in [0.15, 0.2) is 27.9 Å². The Hall–Kier alpha value is -0.850. The molecule has 0 aliphatic rings. The zero-order valence-electron chi connectivity index (χ0n) is 16.5. The second-order valence-corrected chi connectivity index (χ2v) is 7.80. The van der Waals surface area contributed by atoms with Gasteiger partial charge < -0.3 is 19.0 Å². The van der Waals surface area contributed by atoms with Crippen LogP contribution >= 0.6 is 46.4 Å². The average Bonchev–Trinajstić information content (AvgIpc) is 2.67. The second kappa shape index (κ2) is 16.9. The number of halogens is 4. The van der Waals surface area contributed by atoms with Crippen LogP contribution < -0.4 is 9.47 Å². The molecule has 0 aromatic heterocycles. The average molecular weight is 487 g/mol. The molecule has 9 heteroatoms. The minimum atomic E-state index is 0.135. The van der Waals surface area contributed by atoms with Crippen LogP contribution in [0.3, 0.4) is 0 Å². The largest absolute Gasteiger partial charge is 0.490 e. The fraction of sp³-hybridized carbons (Fsp3) is 0.550. The number of benzene rings is 1. The number of rotatable bonds is 16. The van der Waals surface area contributed by atoms with Crippen molar-refractivity contribution in [1.82, 2.24) is 0 Å². The monoisotopic (exact) mass is 485 g/mol. The van der Waals surface area contributed by atoms with Crippen molar-refractivity contribution >= 4 is 52.6 Å². The SMILES string of the molecule is CCCCOC/C=N/OCCCCCOc1c(Cl)cc(OCC=C(Cl)Cl)cc1Cl. The van der Waals surface area contributed by atoms with Gasteiger partial charge in [0.05, 0.1) is 29.5 Å². The van der Waals surface area contributed by atoms with Crippen molar-refractivity contribution in [2.24, 2.45) is 5.16 Å². The second-order valence-electron chi connectivity index (χ2n) is 5.98. The highest BCUT2D eigenvalue weighted by Gasteiger charge is 2.10. The van der Waals surface area contributed by atoms with Crippen molar-refractivity contribution in [3.63, 3.8) is 0 Å². The Morgan fingerprint density at radius 1 is 0.931 bits per heavy atom. The van der Waals surface area contributed by atoms with E-state index in [0.717, 1.165) is 38.7 Å². The summed E-state index contributed by atoms with van der Waals surface area (Å²) in [6.45, 7) is 4.63. The number of unbranched alkanes of at least 4 members (excludes halogenated alkanes) is 3. The summed E-state index contributed by atoms with van der Waals surface area (Å²) in [6.07, 6.45) is 8.00. The maximum atomic E-state index is 6.22. The van der Waals surface area contributed by atoms with Crippen molar-refractivity contribution in [2.75, 3.05) is 33.0 Å². The molecule has 0 saturated carbocycles. The van der Waals surface area contributed by atoms with Crippen molar-refractivity contribution in [2.45, 2.75) is 39.0 Å². The van der Waals surface area contributed by atoms with E-state index in [1.165, 1.54) is 6.08 Å². The van der Waals surface area contributed by atoms with Crippen molar-refractivity contribution in [1.29, 1.82) is 0 Å². The first kappa shape index (κ1) is 26.2. The van der Waals surface area contributed by atoms with Crippen LogP contribution in [0, 0.1) is 0 Å². The molecule has 1 rings (SSSR count). The molecule has 29 heavy (non-hydrogen) atoms. The summed E-state index contributed by atoms with van der Waals surface area (Å²) >= 11 is 23.5. The first-order chi connectivity index (χ1) is 14.0. The van der Waals surface area contributed by atoms with Gasteiger partial charge >= 0.3 is 0 Å². The third kappa shape index (κ3) is 13.1. The molecule has 0 N–H and O–H groups in total. The van der Waals surface area contributed by atoms with E-state index in [-0.39, 0.29) is 11.1 Å². The normalized spacial score (nSPS) is 10.9. The van der Waals surface area contributed by atoms with Gasteiger partial charge in [-0.3, -0.25) is 0 Å². The Kier molecular flexibility index (Phi) is 15.3. The Morgan fingerprint density at radius 3 is 2.34 bits per heavy atom. The van der Waals surface area contributed by atoms with Crippen LogP contribution in [0.4, 0.5) is 0 Å². The zero-order chi connectivity index (χ0) is 21.3. The fourth-order valence-corrected chi connectivity index (χ4v) is 2.80.